The highest BCUT2D eigenvalue weighted by Gasteiger charge is 2.09. The Bertz CT molecular complexity index is 725. The molecule has 0 spiro atoms. The summed E-state index contributed by atoms with van der Waals surface area (Å²) in [6.07, 6.45) is -0.746. The summed E-state index contributed by atoms with van der Waals surface area (Å²) in [5.41, 5.74) is 0.396. The Morgan fingerprint density at radius 1 is 1.19 bits per heavy atom. The molecule has 2 aromatic carbocycles. The summed E-state index contributed by atoms with van der Waals surface area (Å²) in [4.78, 5) is 11.7. The number of carbonyl (C=O) groups excluding carboxylic acids is 1. The largest absolute Gasteiger partial charge is 0.491 e. The third-order valence-corrected chi connectivity index (χ3v) is 3.54. The fourth-order valence-electron chi connectivity index (χ4n) is 2.24. The number of esters is 1. The summed E-state index contributed by atoms with van der Waals surface area (Å²) in [7, 11) is 0. The van der Waals surface area contributed by atoms with E-state index >= 15 is 0 Å². The standard InChI is InChI=1S/C20H24FNO5/c1-2-25-20(24)15-6-5-7-17(12-15)27-14-16(23)13-22-10-11-26-19-9-4-3-8-18(19)21/h3-9,12,16,22-23H,2,10-11,13-14H2,1H3/t16-/m1/s1. The summed E-state index contributed by atoms with van der Waals surface area (Å²) in [6, 6.07) is 12.8. The van der Waals surface area contributed by atoms with Crippen molar-refractivity contribution in [3.63, 3.8) is 0 Å². The van der Waals surface area contributed by atoms with Gasteiger partial charge in [0, 0.05) is 13.1 Å². The molecule has 27 heavy (non-hydrogen) atoms. The zero-order valence-corrected chi connectivity index (χ0v) is 15.2. The number of hydrogen-bond acceptors (Lipinski definition) is 6. The molecule has 0 aliphatic carbocycles. The molecule has 7 heteroatoms. The molecule has 0 saturated carbocycles. The maximum Gasteiger partial charge on any atom is 0.338 e. The molecule has 0 heterocycles. The van der Waals surface area contributed by atoms with E-state index in [9.17, 15) is 14.3 Å². The van der Waals surface area contributed by atoms with Crippen molar-refractivity contribution in [2.45, 2.75) is 13.0 Å². The second kappa shape index (κ2) is 11.2. The first kappa shape index (κ1) is 20.7. The molecule has 0 amide bonds. The maximum absolute atomic E-state index is 13.4. The average molecular weight is 377 g/mol. The number of ether oxygens (including phenoxy) is 3. The van der Waals surface area contributed by atoms with Crippen LogP contribution in [0, 0.1) is 5.82 Å². The highest BCUT2D eigenvalue weighted by atomic mass is 19.1. The molecule has 2 N–H and O–H groups in total. The van der Waals surface area contributed by atoms with Crippen molar-refractivity contribution in [2.24, 2.45) is 0 Å². The van der Waals surface area contributed by atoms with Crippen molar-refractivity contribution in [1.82, 2.24) is 5.32 Å². The number of aliphatic hydroxyl groups excluding tert-OH is 1. The molecule has 2 aromatic rings. The van der Waals surface area contributed by atoms with E-state index in [1.54, 1.807) is 49.4 Å². The van der Waals surface area contributed by atoms with E-state index in [1.807, 2.05) is 0 Å². The van der Waals surface area contributed by atoms with Gasteiger partial charge in [-0.25, -0.2) is 9.18 Å². The van der Waals surface area contributed by atoms with Crippen LogP contribution in [0.15, 0.2) is 48.5 Å². The Kier molecular flexibility index (Phi) is 8.54. The van der Waals surface area contributed by atoms with Crippen molar-refractivity contribution in [1.29, 1.82) is 0 Å². The maximum atomic E-state index is 13.4. The SMILES string of the molecule is CCOC(=O)c1cccc(OC[C@H](O)CNCCOc2ccccc2F)c1. The first-order chi connectivity index (χ1) is 13.1. The number of rotatable bonds is 11. The van der Waals surface area contributed by atoms with E-state index in [4.69, 9.17) is 14.2 Å². The molecule has 0 fully saturated rings. The Hall–Kier alpha value is -2.64. The zero-order valence-electron chi connectivity index (χ0n) is 15.2. The van der Waals surface area contributed by atoms with E-state index in [0.29, 0.717) is 24.5 Å². The van der Waals surface area contributed by atoms with Crippen LogP contribution in [0.25, 0.3) is 0 Å². The Morgan fingerprint density at radius 2 is 2.00 bits per heavy atom. The lowest BCUT2D eigenvalue weighted by atomic mass is 10.2. The monoisotopic (exact) mass is 377 g/mol. The van der Waals surface area contributed by atoms with Gasteiger partial charge >= 0.3 is 5.97 Å². The van der Waals surface area contributed by atoms with Gasteiger partial charge in [-0.3, -0.25) is 0 Å². The molecule has 0 saturated heterocycles. The summed E-state index contributed by atoms with van der Waals surface area (Å²) >= 11 is 0. The molecule has 0 aliphatic rings. The van der Waals surface area contributed by atoms with Crippen molar-refractivity contribution >= 4 is 5.97 Å². The van der Waals surface area contributed by atoms with Crippen molar-refractivity contribution < 1.29 is 28.5 Å². The third kappa shape index (κ3) is 7.24. The minimum Gasteiger partial charge on any atom is -0.491 e. The van der Waals surface area contributed by atoms with Gasteiger partial charge in [-0.2, -0.15) is 0 Å². The Labute approximate surface area is 157 Å². The van der Waals surface area contributed by atoms with Gasteiger partial charge in [-0.15, -0.1) is 0 Å². The summed E-state index contributed by atoms with van der Waals surface area (Å²) in [5, 5.41) is 13.0. The topological polar surface area (TPSA) is 77.0 Å². The van der Waals surface area contributed by atoms with Crippen LogP contribution < -0.4 is 14.8 Å². The second-order valence-electron chi connectivity index (χ2n) is 5.70. The van der Waals surface area contributed by atoms with Crippen LogP contribution in [-0.2, 0) is 4.74 Å². The van der Waals surface area contributed by atoms with Crippen LogP contribution in [0.3, 0.4) is 0 Å². The third-order valence-electron chi connectivity index (χ3n) is 3.54. The Morgan fingerprint density at radius 3 is 2.78 bits per heavy atom. The molecule has 0 unspecified atom stereocenters. The van der Waals surface area contributed by atoms with Gasteiger partial charge < -0.3 is 24.6 Å². The van der Waals surface area contributed by atoms with Gasteiger partial charge in [0.15, 0.2) is 11.6 Å². The molecule has 0 aliphatic heterocycles. The number of halogens is 1. The van der Waals surface area contributed by atoms with Crippen LogP contribution in [0.1, 0.15) is 17.3 Å². The molecular weight excluding hydrogens is 353 g/mol. The second-order valence-corrected chi connectivity index (χ2v) is 5.70. The lowest BCUT2D eigenvalue weighted by Crippen LogP contribution is -2.33. The van der Waals surface area contributed by atoms with Crippen LogP contribution in [0.4, 0.5) is 4.39 Å². The van der Waals surface area contributed by atoms with Gasteiger partial charge in [-0.1, -0.05) is 18.2 Å². The highest BCUT2D eigenvalue weighted by molar-refractivity contribution is 5.89. The van der Waals surface area contributed by atoms with E-state index in [1.165, 1.54) is 6.07 Å². The molecule has 6 nitrogen and oxygen atoms in total. The number of nitrogens with one attached hydrogen (secondary N) is 1. The minimum atomic E-state index is -0.746. The smallest absolute Gasteiger partial charge is 0.338 e. The molecule has 2 rings (SSSR count). The molecule has 0 radical (unpaired) electrons. The summed E-state index contributed by atoms with van der Waals surface area (Å²) < 4.78 is 29.1. The number of benzene rings is 2. The number of aliphatic hydroxyl groups is 1. The number of carbonyl (C=O) groups is 1. The van der Waals surface area contributed by atoms with Crippen LogP contribution in [-0.4, -0.2) is 50.1 Å². The lowest BCUT2D eigenvalue weighted by molar-refractivity contribution is 0.0525. The van der Waals surface area contributed by atoms with Crippen molar-refractivity contribution in [3.05, 3.63) is 59.9 Å². The van der Waals surface area contributed by atoms with Gasteiger partial charge in [0.25, 0.3) is 0 Å². The number of hydrogen-bond donors (Lipinski definition) is 2. The minimum absolute atomic E-state index is 0.0629. The molecule has 0 bridgehead atoms. The van der Waals surface area contributed by atoms with Gasteiger partial charge in [0.1, 0.15) is 25.1 Å². The first-order valence-corrected chi connectivity index (χ1v) is 8.76. The van der Waals surface area contributed by atoms with E-state index in [2.05, 4.69) is 5.32 Å². The van der Waals surface area contributed by atoms with Gasteiger partial charge in [0.05, 0.1) is 12.2 Å². The van der Waals surface area contributed by atoms with E-state index < -0.39 is 17.9 Å². The predicted molar refractivity (Wildman–Crippen MR) is 98.7 cm³/mol. The summed E-state index contributed by atoms with van der Waals surface area (Å²) in [5.74, 6) is -0.150. The normalized spacial score (nSPS) is 11.7. The van der Waals surface area contributed by atoms with Crippen LogP contribution >= 0.6 is 0 Å². The highest BCUT2D eigenvalue weighted by Crippen LogP contribution is 2.15. The van der Waals surface area contributed by atoms with Gasteiger partial charge in [-0.05, 0) is 37.3 Å². The molecular formula is C20H24FNO5. The fourth-order valence-corrected chi connectivity index (χ4v) is 2.24. The molecule has 0 aromatic heterocycles. The van der Waals surface area contributed by atoms with Crippen molar-refractivity contribution in [2.75, 3.05) is 32.9 Å². The fraction of sp³-hybridized carbons (Fsp3) is 0.350. The lowest BCUT2D eigenvalue weighted by Gasteiger charge is -2.14. The predicted octanol–water partition coefficient (Wildman–Crippen LogP) is 2.41. The van der Waals surface area contributed by atoms with E-state index in [-0.39, 0.29) is 25.5 Å². The first-order valence-electron chi connectivity index (χ1n) is 8.76. The number of para-hydroxylation sites is 1. The molecule has 1 atom stereocenters. The summed E-state index contributed by atoms with van der Waals surface area (Å²) in [6.45, 7) is 3.11. The zero-order chi connectivity index (χ0) is 19.5. The molecule has 146 valence electrons. The van der Waals surface area contributed by atoms with Gasteiger partial charge in [0.2, 0.25) is 0 Å². The van der Waals surface area contributed by atoms with Crippen LogP contribution in [0.5, 0.6) is 11.5 Å². The quantitative estimate of drug-likeness (QED) is 0.463. The average Bonchev–Trinajstić information content (AvgIpc) is 2.68. The van der Waals surface area contributed by atoms with E-state index in [0.717, 1.165) is 0 Å². The van der Waals surface area contributed by atoms with Crippen molar-refractivity contribution in [3.8, 4) is 11.5 Å². The Balaban J connectivity index is 1.65. The van der Waals surface area contributed by atoms with Crippen LogP contribution in [0.2, 0.25) is 0 Å².